The van der Waals surface area contributed by atoms with Gasteiger partial charge in [-0.2, -0.15) is 0 Å². The number of nitrogens with one attached hydrogen (secondary N) is 1. The molecule has 1 aromatic carbocycles. The molecule has 0 radical (unpaired) electrons. The molecule has 1 amide bonds. The molecule has 2 aliphatic heterocycles. The number of likely N-dealkylation sites (N-methyl/N-ethyl adjacent to an activating group) is 1. The SMILES string of the molecule is CC(Oc1ccccc1Br)C(=O)N(C)C1CC2CCC(C1)N2. The van der Waals surface area contributed by atoms with Crippen molar-refractivity contribution < 1.29 is 9.53 Å². The standard InChI is InChI=1S/C17H23BrN2O2/c1-11(22-16-6-4-3-5-15(16)18)17(21)20(2)14-9-12-7-8-13(10-14)19-12/h3-6,11-14,19H,7-10H2,1-2H3. The molecule has 2 fully saturated rings. The van der Waals surface area contributed by atoms with Gasteiger partial charge in [-0.1, -0.05) is 12.1 Å². The fourth-order valence-electron chi connectivity index (χ4n) is 3.59. The zero-order valence-electron chi connectivity index (χ0n) is 13.1. The Kier molecular flexibility index (Phi) is 4.73. The lowest BCUT2D eigenvalue weighted by Crippen LogP contribution is -2.51. The summed E-state index contributed by atoms with van der Waals surface area (Å²) in [6.45, 7) is 1.83. The highest BCUT2D eigenvalue weighted by atomic mass is 79.9. The van der Waals surface area contributed by atoms with E-state index in [9.17, 15) is 4.79 Å². The number of hydrogen-bond acceptors (Lipinski definition) is 3. The molecule has 0 saturated carbocycles. The molecule has 4 nitrogen and oxygen atoms in total. The van der Waals surface area contributed by atoms with Crippen molar-refractivity contribution in [1.82, 2.24) is 10.2 Å². The van der Waals surface area contributed by atoms with E-state index in [1.54, 1.807) is 0 Å². The topological polar surface area (TPSA) is 41.6 Å². The van der Waals surface area contributed by atoms with Gasteiger partial charge in [0, 0.05) is 25.2 Å². The molecule has 5 heteroatoms. The van der Waals surface area contributed by atoms with Gasteiger partial charge in [-0.15, -0.1) is 0 Å². The summed E-state index contributed by atoms with van der Waals surface area (Å²) in [5.74, 6) is 0.768. The molecule has 2 bridgehead atoms. The molecule has 1 aromatic rings. The lowest BCUT2D eigenvalue weighted by molar-refractivity contribution is -0.139. The maximum atomic E-state index is 12.7. The van der Waals surface area contributed by atoms with Crippen molar-refractivity contribution in [1.29, 1.82) is 0 Å². The molecule has 1 N–H and O–H groups in total. The van der Waals surface area contributed by atoms with Crippen LogP contribution in [0.2, 0.25) is 0 Å². The highest BCUT2D eigenvalue weighted by Gasteiger charge is 2.37. The van der Waals surface area contributed by atoms with Crippen LogP contribution in [0.3, 0.4) is 0 Å². The molecule has 2 aliphatic rings. The van der Waals surface area contributed by atoms with Crippen molar-refractivity contribution in [3.05, 3.63) is 28.7 Å². The first-order chi connectivity index (χ1) is 10.5. The summed E-state index contributed by atoms with van der Waals surface area (Å²) < 4.78 is 6.71. The molecule has 3 rings (SSSR count). The fraction of sp³-hybridized carbons (Fsp3) is 0.588. The van der Waals surface area contributed by atoms with Crippen molar-refractivity contribution in [3.8, 4) is 5.75 Å². The van der Waals surface area contributed by atoms with Crippen LogP contribution >= 0.6 is 15.9 Å². The van der Waals surface area contributed by atoms with E-state index in [-0.39, 0.29) is 5.91 Å². The first kappa shape index (κ1) is 15.8. The summed E-state index contributed by atoms with van der Waals surface area (Å²) in [6.07, 6.45) is 4.12. The van der Waals surface area contributed by atoms with E-state index in [2.05, 4.69) is 21.2 Å². The quantitative estimate of drug-likeness (QED) is 0.890. The summed E-state index contributed by atoms with van der Waals surface area (Å²) >= 11 is 3.45. The second-order valence-corrected chi connectivity index (χ2v) is 7.26. The minimum Gasteiger partial charge on any atom is -0.480 e. The third-order valence-corrected chi connectivity index (χ3v) is 5.49. The number of benzene rings is 1. The van der Waals surface area contributed by atoms with E-state index in [0.717, 1.165) is 17.3 Å². The normalized spacial score (nSPS) is 28.2. The van der Waals surface area contributed by atoms with Crippen LogP contribution in [-0.2, 0) is 4.79 Å². The van der Waals surface area contributed by atoms with Crippen molar-refractivity contribution in [2.24, 2.45) is 0 Å². The van der Waals surface area contributed by atoms with E-state index in [4.69, 9.17) is 4.74 Å². The van der Waals surface area contributed by atoms with Crippen molar-refractivity contribution in [3.63, 3.8) is 0 Å². The van der Waals surface area contributed by atoms with E-state index in [1.165, 1.54) is 12.8 Å². The lowest BCUT2D eigenvalue weighted by Gasteiger charge is -2.36. The van der Waals surface area contributed by atoms with Crippen LogP contribution in [0.5, 0.6) is 5.75 Å². The minimum absolute atomic E-state index is 0.0575. The molecule has 0 spiro atoms. The summed E-state index contributed by atoms with van der Waals surface area (Å²) in [5, 5.41) is 3.62. The van der Waals surface area contributed by atoms with Gasteiger partial charge < -0.3 is 15.0 Å². The molecule has 22 heavy (non-hydrogen) atoms. The maximum Gasteiger partial charge on any atom is 0.263 e. The Morgan fingerprint density at radius 3 is 2.59 bits per heavy atom. The van der Waals surface area contributed by atoms with E-state index >= 15 is 0 Å². The number of nitrogens with zero attached hydrogens (tertiary/aromatic N) is 1. The number of carbonyl (C=O) groups excluding carboxylic acids is 1. The fourth-order valence-corrected chi connectivity index (χ4v) is 3.97. The molecular formula is C17H23BrN2O2. The second kappa shape index (κ2) is 6.59. The zero-order valence-corrected chi connectivity index (χ0v) is 14.7. The Morgan fingerprint density at radius 1 is 1.32 bits per heavy atom. The second-order valence-electron chi connectivity index (χ2n) is 6.40. The highest BCUT2D eigenvalue weighted by molar-refractivity contribution is 9.10. The number of carbonyl (C=O) groups is 1. The summed E-state index contributed by atoms with van der Waals surface area (Å²) in [4.78, 5) is 14.6. The van der Waals surface area contributed by atoms with Crippen LogP contribution in [0.1, 0.15) is 32.6 Å². The van der Waals surface area contributed by atoms with Crippen LogP contribution in [0.4, 0.5) is 0 Å². The van der Waals surface area contributed by atoms with E-state index in [0.29, 0.717) is 23.9 Å². The number of ether oxygens (including phenoxy) is 1. The maximum absolute atomic E-state index is 12.7. The molecule has 3 atom stereocenters. The summed E-state index contributed by atoms with van der Waals surface area (Å²) in [7, 11) is 1.91. The van der Waals surface area contributed by atoms with Gasteiger partial charge in [-0.3, -0.25) is 4.79 Å². The third kappa shape index (κ3) is 3.30. The van der Waals surface area contributed by atoms with Gasteiger partial charge in [0.2, 0.25) is 0 Å². The first-order valence-corrected chi connectivity index (χ1v) is 8.78. The van der Waals surface area contributed by atoms with Gasteiger partial charge in [0.05, 0.1) is 4.47 Å². The summed E-state index contributed by atoms with van der Waals surface area (Å²) in [6, 6.07) is 9.12. The van der Waals surface area contributed by atoms with Crippen LogP contribution in [0.15, 0.2) is 28.7 Å². The molecule has 0 aliphatic carbocycles. The Morgan fingerprint density at radius 2 is 1.95 bits per heavy atom. The van der Waals surface area contributed by atoms with Crippen LogP contribution in [-0.4, -0.2) is 42.1 Å². The van der Waals surface area contributed by atoms with Crippen LogP contribution in [0.25, 0.3) is 0 Å². The lowest BCUT2D eigenvalue weighted by atomic mass is 9.98. The number of halogens is 1. The predicted molar refractivity (Wildman–Crippen MR) is 90.0 cm³/mol. The number of amides is 1. The highest BCUT2D eigenvalue weighted by Crippen LogP contribution is 2.30. The van der Waals surface area contributed by atoms with Gasteiger partial charge >= 0.3 is 0 Å². The largest absolute Gasteiger partial charge is 0.480 e. The van der Waals surface area contributed by atoms with E-state index in [1.807, 2.05) is 43.1 Å². The number of hydrogen-bond donors (Lipinski definition) is 1. The average molecular weight is 367 g/mol. The number of fused-ring (bicyclic) bond motifs is 2. The molecule has 2 saturated heterocycles. The predicted octanol–water partition coefficient (Wildman–Crippen LogP) is 2.96. The average Bonchev–Trinajstić information content (AvgIpc) is 2.86. The molecule has 3 unspecified atom stereocenters. The Bertz CT molecular complexity index is 539. The van der Waals surface area contributed by atoms with Crippen molar-refractivity contribution in [2.45, 2.75) is 56.8 Å². The third-order valence-electron chi connectivity index (χ3n) is 4.83. The molecule has 2 heterocycles. The van der Waals surface area contributed by atoms with Crippen LogP contribution < -0.4 is 10.1 Å². The Labute approximate surface area is 140 Å². The van der Waals surface area contributed by atoms with Gasteiger partial charge in [0.1, 0.15) is 5.75 Å². The monoisotopic (exact) mass is 366 g/mol. The first-order valence-electron chi connectivity index (χ1n) is 7.98. The number of para-hydroxylation sites is 1. The van der Waals surface area contributed by atoms with Gasteiger partial charge in [-0.25, -0.2) is 0 Å². The van der Waals surface area contributed by atoms with E-state index < -0.39 is 6.10 Å². The van der Waals surface area contributed by atoms with Crippen molar-refractivity contribution in [2.75, 3.05) is 7.05 Å². The zero-order chi connectivity index (χ0) is 15.7. The van der Waals surface area contributed by atoms with Crippen LogP contribution in [0, 0.1) is 0 Å². The van der Waals surface area contributed by atoms with Crippen molar-refractivity contribution >= 4 is 21.8 Å². The molecule has 0 aromatic heterocycles. The van der Waals surface area contributed by atoms with Gasteiger partial charge in [0.15, 0.2) is 6.10 Å². The minimum atomic E-state index is -0.476. The number of rotatable bonds is 4. The smallest absolute Gasteiger partial charge is 0.263 e. The Hall–Kier alpha value is -1.07. The molecular weight excluding hydrogens is 344 g/mol. The Balaban J connectivity index is 1.61. The van der Waals surface area contributed by atoms with Gasteiger partial charge in [-0.05, 0) is 60.7 Å². The summed E-state index contributed by atoms with van der Waals surface area (Å²) in [5.41, 5.74) is 0. The molecule has 120 valence electrons. The van der Waals surface area contributed by atoms with Gasteiger partial charge in [0.25, 0.3) is 5.91 Å². The number of piperidine rings is 1.